The van der Waals surface area contributed by atoms with Crippen molar-refractivity contribution in [2.75, 3.05) is 11.9 Å². The Morgan fingerprint density at radius 2 is 2.00 bits per heavy atom. The van der Waals surface area contributed by atoms with Gasteiger partial charge in [-0.05, 0) is 43.5 Å². The average Bonchev–Trinajstić information content (AvgIpc) is 2.57. The third-order valence-corrected chi connectivity index (χ3v) is 3.65. The summed E-state index contributed by atoms with van der Waals surface area (Å²) >= 11 is 0. The van der Waals surface area contributed by atoms with E-state index in [1.54, 1.807) is 30.6 Å². The van der Waals surface area contributed by atoms with Crippen LogP contribution in [0.25, 0.3) is 0 Å². The molecular weight excluding hydrogens is 293 g/mol. The van der Waals surface area contributed by atoms with Crippen LogP contribution < -0.4 is 10.6 Å². The monoisotopic (exact) mass is 315 g/mol. The van der Waals surface area contributed by atoms with Gasteiger partial charge < -0.3 is 10.6 Å². The van der Waals surface area contributed by atoms with Crippen molar-refractivity contribution in [3.8, 4) is 0 Å². The van der Waals surface area contributed by atoms with Gasteiger partial charge in [-0.25, -0.2) is 4.39 Å². The number of hydrogen-bond donors (Lipinski definition) is 2. The van der Waals surface area contributed by atoms with Gasteiger partial charge in [0.2, 0.25) is 0 Å². The van der Waals surface area contributed by atoms with E-state index in [9.17, 15) is 9.18 Å². The average molecular weight is 315 g/mol. The molecule has 0 radical (unpaired) electrons. The number of anilines is 1. The molecule has 2 N–H and O–H groups in total. The second-order valence-electron chi connectivity index (χ2n) is 5.55. The van der Waals surface area contributed by atoms with E-state index in [2.05, 4.69) is 15.6 Å². The number of pyridine rings is 1. The zero-order chi connectivity index (χ0) is 16.7. The molecule has 1 heterocycles. The summed E-state index contributed by atoms with van der Waals surface area (Å²) in [6.45, 7) is 4.68. The lowest BCUT2D eigenvalue weighted by molar-refractivity contribution is 0.0939. The number of carbonyl (C=O) groups is 1. The highest BCUT2D eigenvalue weighted by Gasteiger charge is 2.09. The second-order valence-corrected chi connectivity index (χ2v) is 5.55. The molecule has 0 fully saturated rings. The van der Waals surface area contributed by atoms with E-state index in [1.165, 1.54) is 12.1 Å². The van der Waals surface area contributed by atoms with Crippen molar-refractivity contribution in [3.05, 3.63) is 59.7 Å². The number of nitrogens with one attached hydrogen (secondary N) is 2. The van der Waals surface area contributed by atoms with Crippen molar-refractivity contribution < 1.29 is 9.18 Å². The molecule has 1 aromatic carbocycles. The maximum atomic E-state index is 12.8. The van der Waals surface area contributed by atoms with E-state index in [0.717, 1.165) is 24.1 Å². The SMILES string of the molecule is CCC(C)NC(=O)c1cncc(NCCc2ccc(F)cc2)c1. The fourth-order valence-electron chi connectivity index (χ4n) is 2.07. The summed E-state index contributed by atoms with van der Waals surface area (Å²) in [7, 11) is 0. The van der Waals surface area contributed by atoms with Crippen molar-refractivity contribution >= 4 is 11.6 Å². The van der Waals surface area contributed by atoms with Crippen LogP contribution in [-0.2, 0) is 6.42 Å². The fourth-order valence-corrected chi connectivity index (χ4v) is 2.07. The molecular formula is C18H22FN3O. The van der Waals surface area contributed by atoms with Gasteiger partial charge in [0, 0.05) is 25.0 Å². The molecule has 0 aliphatic heterocycles. The number of aromatic nitrogens is 1. The highest BCUT2D eigenvalue weighted by atomic mass is 19.1. The van der Waals surface area contributed by atoms with E-state index in [0.29, 0.717) is 12.1 Å². The first-order valence-corrected chi connectivity index (χ1v) is 7.82. The molecule has 0 bridgehead atoms. The molecule has 23 heavy (non-hydrogen) atoms. The Balaban J connectivity index is 1.89. The van der Waals surface area contributed by atoms with E-state index in [1.807, 2.05) is 13.8 Å². The topological polar surface area (TPSA) is 54.0 Å². The summed E-state index contributed by atoms with van der Waals surface area (Å²) < 4.78 is 12.8. The lowest BCUT2D eigenvalue weighted by Crippen LogP contribution is -2.32. The third kappa shape index (κ3) is 5.36. The Hall–Kier alpha value is -2.43. The first kappa shape index (κ1) is 16.9. The zero-order valence-electron chi connectivity index (χ0n) is 13.5. The van der Waals surface area contributed by atoms with Crippen LogP contribution in [0.5, 0.6) is 0 Å². The first-order valence-electron chi connectivity index (χ1n) is 7.82. The molecule has 2 rings (SSSR count). The normalized spacial score (nSPS) is 11.8. The molecule has 4 nitrogen and oxygen atoms in total. The number of rotatable bonds is 7. The van der Waals surface area contributed by atoms with Crippen molar-refractivity contribution in [1.82, 2.24) is 10.3 Å². The molecule has 0 aliphatic carbocycles. The Morgan fingerprint density at radius 3 is 2.70 bits per heavy atom. The Bertz CT molecular complexity index is 643. The van der Waals surface area contributed by atoms with E-state index in [4.69, 9.17) is 0 Å². The molecule has 0 saturated heterocycles. The van der Waals surface area contributed by atoms with Gasteiger partial charge in [0.25, 0.3) is 5.91 Å². The van der Waals surface area contributed by atoms with Crippen LogP contribution in [0.3, 0.4) is 0 Å². The van der Waals surface area contributed by atoms with Crippen LogP contribution >= 0.6 is 0 Å². The van der Waals surface area contributed by atoms with E-state index in [-0.39, 0.29) is 17.8 Å². The third-order valence-electron chi connectivity index (χ3n) is 3.65. The van der Waals surface area contributed by atoms with Gasteiger partial charge in [0.15, 0.2) is 0 Å². The highest BCUT2D eigenvalue weighted by molar-refractivity contribution is 5.94. The Morgan fingerprint density at radius 1 is 1.26 bits per heavy atom. The van der Waals surface area contributed by atoms with Crippen LogP contribution in [0.2, 0.25) is 0 Å². The first-order chi connectivity index (χ1) is 11.1. The largest absolute Gasteiger partial charge is 0.383 e. The number of amides is 1. The lowest BCUT2D eigenvalue weighted by atomic mass is 10.1. The van der Waals surface area contributed by atoms with Gasteiger partial charge in [-0.2, -0.15) is 0 Å². The summed E-state index contributed by atoms with van der Waals surface area (Å²) in [5.74, 6) is -0.347. The van der Waals surface area contributed by atoms with Gasteiger partial charge in [0.1, 0.15) is 5.82 Å². The van der Waals surface area contributed by atoms with E-state index >= 15 is 0 Å². The molecule has 1 amide bonds. The number of benzene rings is 1. The van der Waals surface area contributed by atoms with Crippen molar-refractivity contribution in [2.24, 2.45) is 0 Å². The molecule has 1 atom stereocenters. The highest BCUT2D eigenvalue weighted by Crippen LogP contribution is 2.10. The minimum atomic E-state index is -0.231. The molecule has 0 aliphatic rings. The second kappa shape index (κ2) is 8.27. The van der Waals surface area contributed by atoms with Crippen LogP contribution in [0, 0.1) is 5.82 Å². The quantitative estimate of drug-likeness (QED) is 0.823. The number of hydrogen-bond acceptors (Lipinski definition) is 3. The molecule has 1 unspecified atom stereocenters. The lowest BCUT2D eigenvalue weighted by Gasteiger charge is -2.12. The van der Waals surface area contributed by atoms with Crippen LogP contribution in [-0.4, -0.2) is 23.5 Å². The predicted molar refractivity (Wildman–Crippen MR) is 90.0 cm³/mol. The molecule has 0 saturated carbocycles. The predicted octanol–water partition coefficient (Wildman–Crippen LogP) is 3.40. The Kier molecular flexibility index (Phi) is 6.09. The summed E-state index contributed by atoms with van der Waals surface area (Å²) in [4.78, 5) is 16.2. The van der Waals surface area contributed by atoms with Gasteiger partial charge in [-0.15, -0.1) is 0 Å². The summed E-state index contributed by atoms with van der Waals surface area (Å²) in [5.41, 5.74) is 2.39. The smallest absolute Gasteiger partial charge is 0.253 e. The van der Waals surface area contributed by atoms with Crippen molar-refractivity contribution in [1.29, 1.82) is 0 Å². The van der Waals surface area contributed by atoms with Crippen molar-refractivity contribution in [2.45, 2.75) is 32.7 Å². The van der Waals surface area contributed by atoms with E-state index < -0.39 is 0 Å². The van der Waals surface area contributed by atoms with Gasteiger partial charge >= 0.3 is 0 Å². The van der Waals surface area contributed by atoms with Gasteiger partial charge in [0.05, 0.1) is 11.3 Å². The van der Waals surface area contributed by atoms with Crippen molar-refractivity contribution in [3.63, 3.8) is 0 Å². The zero-order valence-corrected chi connectivity index (χ0v) is 13.5. The minimum absolute atomic E-state index is 0.117. The summed E-state index contributed by atoms with van der Waals surface area (Å²) in [5, 5.41) is 6.15. The number of halogens is 1. The Labute approximate surface area is 136 Å². The standard InChI is InChI=1S/C18H22FN3O/c1-3-13(2)22-18(23)15-10-17(12-20-11-15)21-9-8-14-4-6-16(19)7-5-14/h4-7,10-13,21H,3,8-9H2,1-2H3,(H,22,23). The minimum Gasteiger partial charge on any atom is -0.383 e. The van der Waals surface area contributed by atoms with Crippen LogP contribution in [0.1, 0.15) is 36.2 Å². The number of carbonyl (C=O) groups excluding carboxylic acids is 1. The molecule has 1 aromatic heterocycles. The van der Waals surface area contributed by atoms with Crippen LogP contribution in [0.15, 0.2) is 42.7 Å². The van der Waals surface area contributed by atoms with Crippen LogP contribution in [0.4, 0.5) is 10.1 Å². The molecule has 0 spiro atoms. The maximum Gasteiger partial charge on any atom is 0.253 e. The van der Waals surface area contributed by atoms with Gasteiger partial charge in [-0.3, -0.25) is 9.78 Å². The molecule has 2 aromatic rings. The summed E-state index contributed by atoms with van der Waals surface area (Å²) in [6.07, 6.45) is 4.89. The van der Waals surface area contributed by atoms with Gasteiger partial charge in [-0.1, -0.05) is 19.1 Å². The maximum absolute atomic E-state index is 12.8. The summed E-state index contributed by atoms with van der Waals surface area (Å²) in [6, 6.07) is 8.37. The molecule has 122 valence electrons. The number of nitrogens with zero attached hydrogens (tertiary/aromatic N) is 1. The molecule has 5 heteroatoms. The fraction of sp³-hybridized carbons (Fsp3) is 0.333.